The first-order valence-electron chi connectivity index (χ1n) is 9.96. The second-order valence-electron chi connectivity index (χ2n) is 7.23. The van der Waals surface area contributed by atoms with Crippen LogP contribution in [0.25, 0.3) is 0 Å². The predicted molar refractivity (Wildman–Crippen MR) is 124 cm³/mol. The van der Waals surface area contributed by atoms with Gasteiger partial charge in [-0.25, -0.2) is 0 Å². The van der Waals surface area contributed by atoms with Crippen molar-refractivity contribution in [3.05, 3.63) is 119 Å². The molecule has 0 saturated heterocycles. The van der Waals surface area contributed by atoms with Crippen molar-refractivity contribution in [2.75, 3.05) is 10.2 Å². The number of amides is 1. The van der Waals surface area contributed by atoms with Crippen molar-refractivity contribution in [2.45, 2.75) is 6.17 Å². The molecule has 0 radical (unpaired) electrons. The molecule has 0 aliphatic carbocycles. The van der Waals surface area contributed by atoms with Crippen LogP contribution in [0, 0.1) is 0 Å². The van der Waals surface area contributed by atoms with E-state index in [1.807, 2.05) is 91.0 Å². The number of fused-ring (bicyclic) bond motifs is 1. The van der Waals surface area contributed by atoms with Crippen LogP contribution in [-0.2, 0) is 0 Å². The SMILES string of the molecule is O=C1c2ccccc2NC(c2cccc(Oc3ccccc3)c2)N1c1ccc(Cl)cc1. The standard InChI is InChI=1S/C26H19ClN2O2/c27-19-13-15-20(16-14-19)29-25(28-24-12-5-4-11-23(24)26(29)30)18-7-6-10-22(17-18)31-21-8-2-1-3-9-21/h1-17,25,28H. The van der Waals surface area contributed by atoms with E-state index in [1.54, 1.807) is 17.0 Å². The Morgan fingerprint density at radius 1 is 0.774 bits per heavy atom. The van der Waals surface area contributed by atoms with Crippen LogP contribution in [-0.4, -0.2) is 5.91 Å². The average Bonchev–Trinajstić information content (AvgIpc) is 2.81. The molecule has 31 heavy (non-hydrogen) atoms. The van der Waals surface area contributed by atoms with Gasteiger partial charge in [0.1, 0.15) is 17.7 Å². The lowest BCUT2D eigenvalue weighted by molar-refractivity contribution is 0.0975. The van der Waals surface area contributed by atoms with E-state index in [-0.39, 0.29) is 5.91 Å². The Morgan fingerprint density at radius 2 is 1.48 bits per heavy atom. The van der Waals surface area contributed by atoms with E-state index in [9.17, 15) is 4.79 Å². The second kappa shape index (κ2) is 8.17. The molecule has 1 atom stereocenters. The fraction of sp³-hybridized carbons (Fsp3) is 0.0385. The molecular weight excluding hydrogens is 408 g/mol. The van der Waals surface area contributed by atoms with E-state index in [0.29, 0.717) is 16.3 Å². The monoisotopic (exact) mass is 426 g/mol. The van der Waals surface area contributed by atoms with Gasteiger partial charge in [0.25, 0.3) is 5.91 Å². The van der Waals surface area contributed by atoms with Crippen LogP contribution in [0.2, 0.25) is 5.02 Å². The van der Waals surface area contributed by atoms with Gasteiger partial charge in [-0.1, -0.05) is 54.1 Å². The Hall–Kier alpha value is -3.76. The number of hydrogen-bond donors (Lipinski definition) is 1. The van der Waals surface area contributed by atoms with Crippen molar-refractivity contribution < 1.29 is 9.53 Å². The topological polar surface area (TPSA) is 41.6 Å². The van der Waals surface area contributed by atoms with Crippen molar-refractivity contribution in [2.24, 2.45) is 0 Å². The highest BCUT2D eigenvalue weighted by Crippen LogP contribution is 2.38. The molecule has 4 aromatic rings. The Bertz CT molecular complexity index is 1230. The van der Waals surface area contributed by atoms with Crippen LogP contribution in [0.15, 0.2) is 103 Å². The number of carbonyl (C=O) groups excluding carboxylic acids is 1. The second-order valence-corrected chi connectivity index (χ2v) is 7.67. The number of para-hydroxylation sites is 2. The highest BCUT2D eigenvalue weighted by atomic mass is 35.5. The lowest BCUT2D eigenvalue weighted by Gasteiger charge is -2.38. The molecule has 1 aliphatic rings. The van der Waals surface area contributed by atoms with Gasteiger partial charge in [-0.3, -0.25) is 9.69 Å². The molecular formula is C26H19ClN2O2. The minimum Gasteiger partial charge on any atom is -0.457 e. The molecule has 0 fully saturated rings. The predicted octanol–water partition coefficient (Wildman–Crippen LogP) is 6.90. The van der Waals surface area contributed by atoms with Crippen LogP contribution in [0.3, 0.4) is 0 Å². The molecule has 0 saturated carbocycles. The first-order valence-corrected chi connectivity index (χ1v) is 10.3. The average molecular weight is 427 g/mol. The summed E-state index contributed by atoms with van der Waals surface area (Å²) in [6.07, 6.45) is -0.400. The molecule has 5 rings (SSSR count). The molecule has 0 aromatic heterocycles. The number of nitrogens with one attached hydrogen (secondary N) is 1. The van der Waals surface area contributed by atoms with Gasteiger partial charge < -0.3 is 10.1 Å². The number of carbonyl (C=O) groups is 1. The summed E-state index contributed by atoms with van der Waals surface area (Å²) in [5.41, 5.74) is 3.10. The zero-order valence-corrected chi connectivity index (χ0v) is 17.3. The molecule has 5 heteroatoms. The summed E-state index contributed by atoms with van der Waals surface area (Å²) in [6.45, 7) is 0. The van der Waals surface area contributed by atoms with Gasteiger partial charge in [0, 0.05) is 16.4 Å². The number of benzene rings is 4. The van der Waals surface area contributed by atoms with Crippen molar-refractivity contribution in [3.63, 3.8) is 0 Å². The Morgan fingerprint density at radius 3 is 2.29 bits per heavy atom. The Balaban J connectivity index is 1.56. The molecule has 1 unspecified atom stereocenters. The molecule has 1 amide bonds. The molecule has 4 aromatic carbocycles. The molecule has 0 bridgehead atoms. The summed E-state index contributed by atoms with van der Waals surface area (Å²) in [6, 6.07) is 32.2. The zero-order chi connectivity index (χ0) is 21.2. The first-order chi connectivity index (χ1) is 15.2. The van der Waals surface area contributed by atoms with Gasteiger partial charge >= 0.3 is 0 Å². The summed E-state index contributed by atoms with van der Waals surface area (Å²) in [4.78, 5) is 15.2. The third kappa shape index (κ3) is 3.86. The Kier molecular flexibility index (Phi) is 5.06. The van der Waals surface area contributed by atoms with E-state index in [4.69, 9.17) is 16.3 Å². The summed E-state index contributed by atoms with van der Waals surface area (Å²) in [5.74, 6) is 1.39. The van der Waals surface area contributed by atoms with Gasteiger partial charge in [0.2, 0.25) is 0 Å². The van der Waals surface area contributed by atoms with Gasteiger partial charge in [-0.15, -0.1) is 0 Å². The zero-order valence-electron chi connectivity index (χ0n) is 16.5. The molecule has 0 spiro atoms. The smallest absolute Gasteiger partial charge is 0.262 e. The van der Waals surface area contributed by atoms with Crippen molar-refractivity contribution >= 4 is 28.9 Å². The maximum Gasteiger partial charge on any atom is 0.262 e. The van der Waals surface area contributed by atoms with Gasteiger partial charge in [-0.2, -0.15) is 0 Å². The van der Waals surface area contributed by atoms with Gasteiger partial charge in [0.15, 0.2) is 0 Å². The summed E-state index contributed by atoms with van der Waals surface area (Å²) >= 11 is 6.08. The fourth-order valence-corrected chi connectivity index (χ4v) is 3.85. The quantitative estimate of drug-likeness (QED) is 0.385. The van der Waals surface area contributed by atoms with Gasteiger partial charge in [-0.05, 0) is 66.2 Å². The molecule has 1 heterocycles. The lowest BCUT2D eigenvalue weighted by atomic mass is 10.0. The van der Waals surface area contributed by atoms with E-state index in [1.165, 1.54) is 0 Å². The largest absolute Gasteiger partial charge is 0.457 e. The maximum atomic E-state index is 13.5. The molecule has 1 aliphatic heterocycles. The minimum absolute atomic E-state index is 0.0731. The van der Waals surface area contributed by atoms with E-state index >= 15 is 0 Å². The van der Waals surface area contributed by atoms with Crippen LogP contribution in [0.4, 0.5) is 11.4 Å². The first kappa shape index (κ1) is 19.2. The minimum atomic E-state index is -0.400. The summed E-state index contributed by atoms with van der Waals surface area (Å²) < 4.78 is 6.01. The number of nitrogens with zero attached hydrogens (tertiary/aromatic N) is 1. The van der Waals surface area contributed by atoms with Crippen LogP contribution >= 0.6 is 11.6 Å². The molecule has 1 N–H and O–H groups in total. The van der Waals surface area contributed by atoms with E-state index < -0.39 is 6.17 Å². The van der Waals surface area contributed by atoms with E-state index in [2.05, 4.69) is 5.32 Å². The lowest BCUT2D eigenvalue weighted by Crippen LogP contribution is -2.43. The van der Waals surface area contributed by atoms with Crippen LogP contribution in [0.1, 0.15) is 22.1 Å². The van der Waals surface area contributed by atoms with Crippen molar-refractivity contribution in [3.8, 4) is 11.5 Å². The number of halogens is 1. The number of ether oxygens (including phenoxy) is 1. The number of anilines is 2. The highest BCUT2D eigenvalue weighted by molar-refractivity contribution is 6.30. The summed E-state index contributed by atoms with van der Waals surface area (Å²) in [7, 11) is 0. The van der Waals surface area contributed by atoms with Gasteiger partial charge in [0.05, 0.1) is 5.56 Å². The fourth-order valence-electron chi connectivity index (χ4n) is 3.73. The van der Waals surface area contributed by atoms with Crippen LogP contribution in [0.5, 0.6) is 11.5 Å². The number of hydrogen-bond acceptors (Lipinski definition) is 3. The third-order valence-corrected chi connectivity index (χ3v) is 5.44. The summed E-state index contributed by atoms with van der Waals surface area (Å²) in [5, 5.41) is 4.14. The Labute approximate surface area is 185 Å². The molecule has 152 valence electrons. The normalized spacial score (nSPS) is 15.2. The molecule has 4 nitrogen and oxygen atoms in total. The highest BCUT2D eigenvalue weighted by Gasteiger charge is 2.34. The van der Waals surface area contributed by atoms with Crippen molar-refractivity contribution in [1.29, 1.82) is 0 Å². The van der Waals surface area contributed by atoms with Crippen molar-refractivity contribution in [1.82, 2.24) is 0 Å². The third-order valence-electron chi connectivity index (χ3n) is 5.18. The van der Waals surface area contributed by atoms with Crippen LogP contribution < -0.4 is 15.0 Å². The number of rotatable bonds is 4. The maximum absolute atomic E-state index is 13.5. The van der Waals surface area contributed by atoms with E-state index in [0.717, 1.165) is 22.7 Å².